The van der Waals surface area contributed by atoms with Crippen molar-refractivity contribution in [2.45, 2.75) is 31.5 Å². The average Bonchev–Trinajstić information content (AvgIpc) is 3.24. The molecule has 2 N–H and O–H groups in total. The van der Waals surface area contributed by atoms with Crippen molar-refractivity contribution in [3.05, 3.63) is 22.6 Å². The van der Waals surface area contributed by atoms with E-state index >= 15 is 0 Å². The molecule has 1 aromatic carbocycles. The highest BCUT2D eigenvalue weighted by atomic mass is 32.2. The van der Waals surface area contributed by atoms with Gasteiger partial charge in [-0.2, -0.15) is 0 Å². The molecule has 1 amide bonds. The number of hydrogen-bond donors (Lipinski definition) is 2. The van der Waals surface area contributed by atoms with Crippen molar-refractivity contribution in [3.8, 4) is 11.5 Å². The monoisotopic (exact) mass is 421 g/mol. The summed E-state index contributed by atoms with van der Waals surface area (Å²) in [5, 5.41) is 10.3. The molecule has 0 spiro atoms. The number of amides is 1. The first-order valence-electron chi connectivity index (χ1n) is 8.92. The third-order valence-electron chi connectivity index (χ3n) is 4.09. The Morgan fingerprint density at radius 3 is 2.93 bits per heavy atom. The first-order valence-corrected chi connectivity index (χ1v) is 10.7. The van der Waals surface area contributed by atoms with Gasteiger partial charge in [-0.3, -0.25) is 9.36 Å². The highest BCUT2D eigenvalue weighted by Crippen LogP contribution is 2.37. The van der Waals surface area contributed by atoms with E-state index in [1.165, 1.54) is 23.1 Å². The quantitative estimate of drug-likeness (QED) is 0.564. The number of benzene rings is 1. The van der Waals surface area contributed by atoms with Gasteiger partial charge in [0.1, 0.15) is 13.2 Å². The molecule has 2 aromatic heterocycles. The van der Waals surface area contributed by atoms with Crippen molar-refractivity contribution < 1.29 is 14.3 Å². The topological polar surface area (TPSA) is 111 Å². The lowest BCUT2D eigenvalue weighted by Gasteiger charge is -2.17. The average molecular weight is 422 g/mol. The van der Waals surface area contributed by atoms with Crippen molar-refractivity contribution >= 4 is 44.4 Å². The zero-order valence-corrected chi connectivity index (χ0v) is 16.8. The number of fused-ring (bicyclic) bond motifs is 2. The van der Waals surface area contributed by atoms with E-state index in [0.29, 0.717) is 41.5 Å². The minimum atomic E-state index is -0.254. The molecule has 0 bridgehead atoms. The van der Waals surface area contributed by atoms with Crippen LogP contribution in [-0.4, -0.2) is 44.6 Å². The number of thioether (sulfide) groups is 1. The van der Waals surface area contributed by atoms with Gasteiger partial charge in [0.05, 0.1) is 16.0 Å². The number of unbranched alkanes of at least 4 members (excludes halogenated alkanes) is 1. The zero-order chi connectivity index (χ0) is 19.5. The normalized spacial score (nSPS) is 13.0. The molecule has 0 unspecified atom stereocenters. The van der Waals surface area contributed by atoms with Crippen molar-refractivity contribution in [1.29, 1.82) is 0 Å². The van der Waals surface area contributed by atoms with E-state index in [9.17, 15) is 9.59 Å². The molecular weight excluding hydrogens is 402 g/mol. The van der Waals surface area contributed by atoms with E-state index in [1.807, 2.05) is 12.1 Å². The van der Waals surface area contributed by atoms with Crippen LogP contribution in [0, 0.1) is 0 Å². The summed E-state index contributed by atoms with van der Waals surface area (Å²) in [6.45, 7) is 3.68. The second kappa shape index (κ2) is 8.23. The highest BCUT2D eigenvalue weighted by Gasteiger charge is 2.17. The molecule has 0 aliphatic carbocycles. The minimum Gasteiger partial charge on any atom is -0.486 e. The van der Waals surface area contributed by atoms with Gasteiger partial charge in [0.2, 0.25) is 5.91 Å². The highest BCUT2D eigenvalue weighted by molar-refractivity contribution is 7.99. The molecular formula is C17H19N5O4S2. The predicted octanol–water partition coefficient (Wildman–Crippen LogP) is 2.48. The maximum absolute atomic E-state index is 12.3. The number of rotatable bonds is 7. The molecule has 28 heavy (non-hydrogen) atoms. The summed E-state index contributed by atoms with van der Waals surface area (Å²) in [5.41, 5.74) is 0.494. The minimum absolute atomic E-state index is 0.134. The Kier molecular flexibility index (Phi) is 5.53. The summed E-state index contributed by atoms with van der Waals surface area (Å²) in [6, 6.07) is 3.70. The standard InChI is InChI=1S/C17H19N5O4S2/c1-2-3-4-22-16(24)20-21-17(22)27-9-14(23)19-15-18-10-7-11-12(8-13(10)28-15)26-6-5-25-11/h7-8H,2-6,9H2,1H3,(H,20,24)(H,18,19,23). The molecule has 4 rings (SSSR count). The molecule has 1 aliphatic heterocycles. The molecule has 1 aliphatic rings. The second-order valence-corrected chi connectivity index (χ2v) is 8.11. The number of nitrogens with zero attached hydrogens (tertiary/aromatic N) is 3. The fourth-order valence-electron chi connectivity index (χ4n) is 2.73. The van der Waals surface area contributed by atoms with Crippen LogP contribution in [-0.2, 0) is 11.3 Å². The third kappa shape index (κ3) is 3.99. The van der Waals surface area contributed by atoms with Gasteiger partial charge in [-0.25, -0.2) is 14.9 Å². The van der Waals surface area contributed by atoms with Crippen molar-refractivity contribution in [3.63, 3.8) is 0 Å². The van der Waals surface area contributed by atoms with Crippen LogP contribution in [0.25, 0.3) is 10.2 Å². The second-order valence-electron chi connectivity index (χ2n) is 6.14. The summed E-state index contributed by atoms with van der Waals surface area (Å²) in [7, 11) is 0. The maximum Gasteiger partial charge on any atom is 0.343 e. The van der Waals surface area contributed by atoms with E-state index in [1.54, 1.807) is 4.57 Å². The molecule has 11 heteroatoms. The first kappa shape index (κ1) is 18.8. The van der Waals surface area contributed by atoms with Gasteiger partial charge in [-0.05, 0) is 6.42 Å². The van der Waals surface area contributed by atoms with Crippen LogP contribution in [0.4, 0.5) is 5.13 Å². The van der Waals surface area contributed by atoms with Crippen molar-refractivity contribution in [1.82, 2.24) is 19.7 Å². The Bertz CT molecular complexity index is 1010. The van der Waals surface area contributed by atoms with Crippen LogP contribution in [0.2, 0.25) is 0 Å². The molecule has 0 saturated heterocycles. The molecule has 3 aromatic rings. The Morgan fingerprint density at radius 2 is 2.14 bits per heavy atom. The molecule has 3 heterocycles. The number of aromatic nitrogens is 4. The van der Waals surface area contributed by atoms with Crippen LogP contribution in [0.5, 0.6) is 11.5 Å². The van der Waals surface area contributed by atoms with Gasteiger partial charge in [0.15, 0.2) is 21.8 Å². The number of thiazole rings is 1. The van der Waals surface area contributed by atoms with E-state index < -0.39 is 0 Å². The lowest BCUT2D eigenvalue weighted by atomic mass is 10.3. The van der Waals surface area contributed by atoms with Gasteiger partial charge >= 0.3 is 5.69 Å². The third-order valence-corrected chi connectivity index (χ3v) is 6.00. The largest absolute Gasteiger partial charge is 0.486 e. The smallest absolute Gasteiger partial charge is 0.343 e. The number of ether oxygens (including phenoxy) is 2. The molecule has 0 fully saturated rings. The number of nitrogens with one attached hydrogen (secondary N) is 2. The number of carbonyl (C=O) groups is 1. The fraction of sp³-hybridized carbons (Fsp3) is 0.412. The first-order chi connectivity index (χ1) is 13.6. The molecule has 9 nitrogen and oxygen atoms in total. The van der Waals surface area contributed by atoms with E-state index in [4.69, 9.17) is 9.47 Å². The van der Waals surface area contributed by atoms with Crippen LogP contribution < -0.4 is 20.5 Å². The number of aromatic amines is 1. The Balaban J connectivity index is 1.41. The zero-order valence-electron chi connectivity index (χ0n) is 15.2. The number of H-pyrrole nitrogens is 1. The predicted molar refractivity (Wildman–Crippen MR) is 108 cm³/mol. The van der Waals surface area contributed by atoms with Gasteiger partial charge in [0, 0.05) is 18.7 Å². The van der Waals surface area contributed by atoms with Crippen LogP contribution in [0.1, 0.15) is 19.8 Å². The van der Waals surface area contributed by atoms with Gasteiger partial charge < -0.3 is 14.8 Å². The van der Waals surface area contributed by atoms with E-state index in [2.05, 4.69) is 27.4 Å². The number of anilines is 1. The molecule has 148 valence electrons. The number of carbonyl (C=O) groups excluding carboxylic acids is 1. The number of hydrogen-bond acceptors (Lipinski definition) is 8. The van der Waals surface area contributed by atoms with Crippen molar-refractivity contribution in [2.75, 3.05) is 24.3 Å². The summed E-state index contributed by atoms with van der Waals surface area (Å²) in [5.74, 6) is 1.29. The summed E-state index contributed by atoms with van der Waals surface area (Å²) < 4.78 is 13.6. The Hall–Kier alpha value is -2.53. The van der Waals surface area contributed by atoms with Crippen LogP contribution in [0.15, 0.2) is 22.1 Å². The van der Waals surface area contributed by atoms with E-state index in [0.717, 1.165) is 23.1 Å². The molecule has 0 atom stereocenters. The van der Waals surface area contributed by atoms with Crippen LogP contribution >= 0.6 is 23.1 Å². The fourth-order valence-corrected chi connectivity index (χ4v) is 4.40. The Morgan fingerprint density at radius 1 is 1.36 bits per heavy atom. The van der Waals surface area contributed by atoms with E-state index in [-0.39, 0.29) is 17.3 Å². The maximum atomic E-state index is 12.3. The SMILES string of the molecule is CCCCn1c(SCC(=O)Nc2nc3cc4c(cc3s2)OCCO4)n[nH]c1=O. The van der Waals surface area contributed by atoms with Crippen LogP contribution in [0.3, 0.4) is 0 Å². The van der Waals surface area contributed by atoms with Gasteiger partial charge in [-0.15, -0.1) is 5.10 Å². The molecule has 0 saturated carbocycles. The lowest BCUT2D eigenvalue weighted by Crippen LogP contribution is -2.18. The summed E-state index contributed by atoms with van der Waals surface area (Å²) in [4.78, 5) is 28.5. The lowest BCUT2D eigenvalue weighted by molar-refractivity contribution is -0.113. The van der Waals surface area contributed by atoms with Crippen molar-refractivity contribution in [2.24, 2.45) is 0 Å². The Labute approximate surface area is 168 Å². The van der Waals surface area contributed by atoms with Gasteiger partial charge in [0.25, 0.3) is 0 Å². The summed E-state index contributed by atoms with van der Waals surface area (Å²) >= 11 is 2.59. The molecule has 0 radical (unpaired) electrons. The van der Waals surface area contributed by atoms with Gasteiger partial charge in [-0.1, -0.05) is 36.4 Å². The summed E-state index contributed by atoms with van der Waals surface area (Å²) in [6.07, 6.45) is 1.85.